The minimum absolute atomic E-state index is 0.0851. The van der Waals surface area contributed by atoms with Crippen LogP contribution in [0.25, 0.3) is 0 Å². The van der Waals surface area contributed by atoms with Crippen molar-refractivity contribution in [1.82, 2.24) is 10.6 Å². The molecule has 0 bridgehead atoms. The zero-order valence-corrected chi connectivity index (χ0v) is 11.6. The van der Waals surface area contributed by atoms with Crippen molar-refractivity contribution in [2.45, 2.75) is 51.6 Å². The van der Waals surface area contributed by atoms with E-state index in [4.69, 9.17) is 10.2 Å². The summed E-state index contributed by atoms with van der Waals surface area (Å²) in [7, 11) is 0. The molecule has 3 atom stereocenters. The lowest BCUT2D eigenvalue weighted by molar-refractivity contribution is -0.140. The topological polar surface area (TPSA) is 98.7 Å². The first kappa shape index (κ1) is 15.8. The van der Waals surface area contributed by atoms with Crippen LogP contribution in [0.1, 0.15) is 39.5 Å². The van der Waals surface area contributed by atoms with Crippen LogP contribution in [0.4, 0.5) is 4.79 Å². The van der Waals surface area contributed by atoms with Crippen LogP contribution in [0.3, 0.4) is 0 Å². The van der Waals surface area contributed by atoms with Crippen LogP contribution in [-0.2, 0) is 4.79 Å². The molecule has 4 N–H and O–H groups in total. The molecule has 1 saturated carbocycles. The van der Waals surface area contributed by atoms with Crippen molar-refractivity contribution in [3.8, 4) is 0 Å². The van der Waals surface area contributed by atoms with Crippen LogP contribution in [0.2, 0.25) is 0 Å². The maximum Gasteiger partial charge on any atom is 0.328 e. The molecule has 0 aromatic rings. The summed E-state index contributed by atoms with van der Waals surface area (Å²) >= 11 is 0. The molecule has 0 radical (unpaired) electrons. The van der Waals surface area contributed by atoms with Crippen molar-refractivity contribution < 1.29 is 19.8 Å². The number of hydrogen-bond donors (Lipinski definition) is 4. The van der Waals surface area contributed by atoms with Gasteiger partial charge in [0.1, 0.15) is 0 Å². The number of aliphatic hydroxyl groups is 1. The Labute approximate surface area is 113 Å². The van der Waals surface area contributed by atoms with Crippen molar-refractivity contribution >= 4 is 12.0 Å². The SMILES string of the molecule is CC(C)C1CCCCC1NC(=O)NC(CO)C(=O)O. The highest BCUT2D eigenvalue weighted by molar-refractivity contribution is 5.82. The number of amides is 2. The van der Waals surface area contributed by atoms with E-state index in [1.54, 1.807) is 0 Å². The van der Waals surface area contributed by atoms with Gasteiger partial charge in [-0.1, -0.05) is 26.7 Å². The third-order valence-corrected chi connectivity index (χ3v) is 3.78. The van der Waals surface area contributed by atoms with Gasteiger partial charge in [0.05, 0.1) is 6.61 Å². The zero-order valence-electron chi connectivity index (χ0n) is 11.6. The summed E-state index contributed by atoms with van der Waals surface area (Å²) in [6.07, 6.45) is 4.27. The molecule has 0 saturated heterocycles. The summed E-state index contributed by atoms with van der Waals surface area (Å²) in [5.41, 5.74) is 0. The van der Waals surface area contributed by atoms with Crippen LogP contribution in [0.5, 0.6) is 0 Å². The summed E-state index contributed by atoms with van der Waals surface area (Å²) in [4.78, 5) is 22.5. The smallest absolute Gasteiger partial charge is 0.328 e. The number of aliphatic carboxylic acids is 1. The molecule has 1 rings (SSSR count). The summed E-state index contributed by atoms with van der Waals surface area (Å²) in [5.74, 6) is -0.322. The Morgan fingerprint density at radius 2 is 1.89 bits per heavy atom. The monoisotopic (exact) mass is 272 g/mol. The first-order valence-corrected chi connectivity index (χ1v) is 6.86. The summed E-state index contributed by atoms with van der Waals surface area (Å²) in [5, 5.41) is 22.8. The number of hydrogen-bond acceptors (Lipinski definition) is 3. The van der Waals surface area contributed by atoms with Crippen LogP contribution in [-0.4, -0.2) is 40.9 Å². The molecule has 0 spiro atoms. The van der Waals surface area contributed by atoms with Gasteiger partial charge in [0.25, 0.3) is 0 Å². The van der Waals surface area contributed by atoms with Crippen molar-refractivity contribution in [3.63, 3.8) is 0 Å². The molecule has 0 aromatic carbocycles. The van der Waals surface area contributed by atoms with E-state index in [1.807, 2.05) is 0 Å². The summed E-state index contributed by atoms with van der Waals surface area (Å²) in [6, 6.07) is -1.68. The van der Waals surface area contributed by atoms with Crippen molar-refractivity contribution in [1.29, 1.82) is 0 Å². The van der Waals surface area contributed by atoms with Gasteiger partial charge in [-0.25, -0.2) is 9.59 Å². The standard InChI is InChI=1S/C13H24N2O4/c1-8(2)9-5-3-4-6-10(9)14-13(19)15-11(7-16)12(17)18/h8-11,16H,3-7H2,1-2H3,(H,17,18)(H2,14,15,19). The number of aliphatic hydroxyl groups excluding tert-OH is 1. The number of urea groups is 1. The molecule has 19 heavy (non-hydrogen) atoms. The molecule has 110 valence electrons. The van der Waals surface area contributed by atoms with Gasteiger partial charge in [0, 0.05) is 6.04 Å². The Bertz CT molecular complexity index is 320. The van der Waals surface area contributed by atoms with E-state index >= 15 is 0 Å². The molecule has 0 aliphatic heterocycles. The van der Waals surface area contributed by atoms with Crippen LogP contribution in [0.15, 0.2) is 0 Å². The minimum Gasteiger partial charge on any atom is -0.480 e. The lowest BCUT2D eigenvalue weighted by Gasteiger charge is -2.35. The number of carbonyl (C=O) groups excluding carboxylic acids is 1. The molecular weight excluding hydrogens is 248 g/mol. The molecule has 3 unspecified atom stereocenters. The Hall–Kier alpha value is -1.30. The second kappa shape index (κ2) is 7.33. The Kier molecular flexibility index (Phi) is 6.08. The quantitative estimate of drug-likeness (QED) is 0.598. The fourth-order valence-corrected chi connectivity index (χ4v) is 2.69. The number of carboxylic acids is 1. The van der Waals surface area contributed by atoms with E-state index in [0.29, 0.717) is 11.8 Å². The summed E-state index contributed by atoms with van der Waals surface area (Å²) < 4.78 is 0. The molecule has 1 aliphatic rings. The van der Waals surface area contributed by atoms with Gasteiger partial charge < -0.3 is 20.8 Å². The first-order valence-electron chi connectivity index (χ1n) is 6.86. The Morgan fingerprint density at radius 3 is 2.42 bits per heavy atom. The highest BCUT2D eigenvalue weighted by Gasteiger charge is 2.29. The van der Waals surface area contributed by atoms with Gasteiger partial charge in [-0.3, -0.25) is 0 Å². The van der Waals surface area contributed by atoms with E-state index in [2.05, 4.69) is 24.5 Å². The minimum atomic E-state index is -1.25. The molecule has 0 aromatic heterocycles. The zero-order chi connectivity index (χ0) is 14.4. The number of carboxylic acid groups (broad SMARTS) is 1. The van der Waals surface area contributed by atoms with Crippen LogP contribution >= 0.6 is 0 Å². The van der Waals surface area contributed by atoms with Crippen molar-refractivity contribution in [3.05, 3.63) is 0 Å². The highest BCUT2D eigenvalue weighted by atomic mass is 16.4. The first-order chi connectivity index (χ1) is 8.95. The summed E-state index contributed by atoms with van der Waals surface area (Å²) in [6.45, 7) is 3.66. The predicted molar refractivity (Wildman–Crippen MR) is 70.8 cm³/mol. The molecule has 2 amide bonds. The Balaban J connectivity index is 2.52. The van der Waals surface area contributed by atoms with Crippen molar-refractivity contribution in [2.75, 3.05) is 6.61 Å². The van der Waals surface area contributed by atoms with E-state index in [0.717, 1.165) is 19.3 Å². The van der Waals surface area contributed by atoms with Crippen molar-refractivity contribution in [2.24, 2.45) is 11.8 Å². The molecule has 0 heterocycles. The van der Waals surface area contributed by atoms with Gasteiger partial charge in [-0.15, -0.1) is 0 Å². The van der Waals surface area contributed by atoms with Crippen LogP contribution in [0, 0.1) is 11.8 Å². The number of carbonyl (C=O) groups is 2. The highest BCUT2D eigenvalue weighted by Crippen LogP contribution is 2.30. The molecule has 6 nitrogen and oxygen atoms in total. The fraction of sp³-hybridized carbons (Fsp3) is 0.846. The lowest BCUT2D eigenvalue weighted by atomic mass is 9.78. The third-order valence-electron chi connectivity index (χ3n) is 3.78. The van der Waals surface area contributed by atoms with E-state index in [9.17, 15) is 9.59 Å². The largest absolute Gasteiger partial charge is 0.480 e. The van der Waals surface area contributed by atoms with Gasteiger partial charge >= 0.3 is 12.0 Å². The average Bonchev–Trinajstić information content (AvgIpc) is 2.35. The van der Waals surface area contributed by atoms with Gasteiger partial charge in [0.15, 0.2) is 6.04 Å². The second-order valence-electron chi connectivity index (χ2n) is 5.49. The fourth-order valence-electron chi connectivity index (χ4n) is 2.69. The molecule has 1 aliphatic carbocycles. The number of nitrogens with one attached hydrogen (secondary N) is 2. The average molecular weight is 272 g/mol. The van der Waals surface area contributed by atoms with E-state index in [1.165, 1.54) is 6.42 Å². The maximum absolute atomic E-state index is 11.8. The maximum atomic E-state index is 11.8. The van der Waals surface area contributed by atoms with Gasteiger partial charge in [0.2, 0.25) is 0 Å². The third kappa shape index (κ3) is 4.70. The Morgan fingerprint density at radius 1 is 1.26 bits per heavy atom. The number of rotatable bonds is 5. The van der Waals surface area contributed by atoms with Gasteiger partial charge in [-0.2, -0.15) is 0 Å². The molecule has 1 fully saturated rings. The normalized spacial score (nSPS) is 24.8. The van der Waals surface area contributed by atoms with E-state index < -0.39 is 24.6 Å². The van der Waals surface area contributed by atoms with Crippen LogP contribution < -0.4 is 10.6 Å². The molecular formula is C13H24N2O4. The lowest BCUT2D eigenvalue weighted by Crippen LogP contribution is -2.53. The molecule has 6 heteroatoms. The second-order valence-corrected chi connectivity index (χ2v) is 5.49. The van der Waals surface area contributed by atoms with E-state index in [-0.39, 0.29) is 6.04 Å². The predicted octanol–water partition coefficient (Wildman–Crippen LogP) is 0.946. The van der Waals surface area contributed by atoms with Gasteiger partial charge in [-0.05, 0) is 24.7 Å².